The van der Waals surface area contributed by atoms with E-state index in [1.165, 1.54) is 0 Å². The lowest BCUT2D eigenvalue weighted by atomic mass is 9.70. The van der Waals surface area contributed by atoms with Crippen molar-refractivity contribution in [3.63, 3.8) is 0 Å². The van der Waals surface area contributed by atoms with Gasteiger partial charge in [0.1, 0.15) is 5.78 Å². The van der Waals surface area contributed by atoms with E-state index in [9.17, 15) is 9.90 Å². The molecule has 0 aromatic carbocycles. The molecular formula is C10H16O2. The monoisotopic (exact) mass is 168 g/mol. The number of rotatable bonds is 0. The molecule has 0 amide bonds. The van der Waals surface area contributed by atoms with Crippen LogP contribution in [-0.4, -0.2) is 17.0 Å². The van der Waals surface area contributed by atoms with E-state index >= 15 is 0 Å². The lowest BCUT2D eigenvalue weighted by molar-refractivity contribution is -0.129. The molecule has 2 bridgehead atoms. The number of carbonyl (C=O) groups is 1. The molecule has 0 radical (unpaired) electrons. The van der Waals surface area contributed by atoms with Gasteiger partial charge in [-0.05, 0) is 17.8 Å². The van der Waals surface area contributed by atoms with Gasteiger partial charge in [0.25, 0.3) is 0 Å². The zero-order valence-corrected chi connectivity index (χ0v) is 7.92. The highest BCUT2D eigenvalue weighted by Crippen LogP contribution is 2.63. The predicted octanol–water partition coefficient (Wildman–Crippen LogP) is 1.37. The minimum Gasteiger partial charge on any atom is -0.393 e. The van der Waals surface area contributed by atoms with Crippen LogP contribution < -0.4 is 0 Å². The summed E-state index contributed by atoms with van der Waals surface area (Å²) in [5.41, 5.74) is -0.249. The molecule has 2 heteroatoms. The summed E-state index contributed by atoms with van der Waals surface area (Å²) in [5.74, 6) is 0.554. The van der Waals surface area contributed by atoms with Gasteiger partial charge in [0.2, 0.25) is 0 Å². The van der Waals surface area contributed by atoms with E-state index in [-0.39, 0.29) is 22.9 Å². The van der Waals surface area contributed by atoms with E-state index in [4.69, 9.17) is 0 Å². The van der Waals surface area contributed by atoms with E-state index in [1.54, 1.807) is 0 Å². The average molecular weight is 168 g/mol. The normalized spacial score (nSPS) is 50.2. The van der Waals surface area contributed by atoms with Crippen molar-refractivity contribution in [2.24, 2.45) is 16.7 Å². The van der Waals surface area contributed by atoms with Gasteiger partial charge in [0, 0.05) is 11.8 Å². The van der Waals surface area contributed by atoms with E-state index in [0.717, 1.165) is 0 Å². The highest BCUT2D eigenvalue weighted by atomic mass is 16.3. The van der Waals surface area contributed by atoms with Crippen LogP contribution in [0.1, 0.15) is 33.6 Å². The Morgan fingerprint density at radius 1 is 1.42 bits per heavy atom. The maximum atomic E-state index is 11.6. The zero-order valence-electron chi connectivity index (χ0n) is 7.92. The fraction of sp³-hybridized carbons (Fsp3) is 0.900. The van der Waals surface area contributed by atoms with Gasteiger partial charge in [0.05, 0.1) is 6.10 Å². The van der Waals surface area contributed by atoms with Crippen LogP contribution in [0.4, 0.5) is 0 Å². The van der Waals surface area contributed by atoms with Crippen molar-refractivity contribution in [1.29, 1.82) is 0 Å². The SMILES string of the molecule is CC12C[C@H](O)C(CC1=O)C2(C)C. The van der Waals surface area contributed by atoms with Crippen molar-refractivity contribution in [2.75, 3.05) is 0 Å². The summed E-state index contributed by atoms with van der Waals surface area (Å²) in [6.07, 6.45) is 1.01. The first-order chi connectivity index (χ1) is 5.39. The Hall–Kier alpha value is -0.370. The van der Waals surface area contributed by atoms with Gasteiger partial charge in [-0.1, -0.05) is 20.8 Å². The van der Waals surface area contributed by atoms with Gasteiger partial charge in [0.15, 0.2) is 0 Å². The number of ketones is 1. The fourth-order valence-electron chi connectivity index (χ4n) is 3.00. The number of aliphatic hydroxyl groups is 1. The summed E-state index contributed by atoms with van der Waals surface area (Å²) < 4.78 is 0. The topological polar surface area (TPSA) is 37.3 Å². The minimum atomic E-state index is -0.253. The van der Waals surface area contributed by atoms with Gasteiger partial charge < -0.3 is 5.11 Å². The van der Waals surface area contributed by atoms with Crippen LogP contribution in [0.5, 0.6) is 0 Å². The number of carbonyl (C=O) groups excluding carboxylic acids is 1. The molecule has 1 N–H and O–H groups in total. The second-order valence-corrected chi connectivity index (χ2v) is 5.06. The lowest BCUT2D eigenvalue weighted by Gasteiger charge is -2.31. The van der Waals surface area contributed by atoms with Crippen LogP contribution in [-0.2, 0) is 4.79 Å². The maximum Gasteiger partial charge on any atom is 0.139 e. The summed E-state index contributed by atoms with van der Waals surface area (Å²) in [4.78, 5) is 11.6. The third-order valence-corrected chi connectivity index (χ3v) is 4.45. The molecule has 0 aromatic heterocycles. The summed E-state index contributed by atoms with van der Waals surface area (Å²) in [7, 11) is 0. The molecule has 2 rings (SSSR count). The van der Waals surface area contributed by atoms with Crippen LogP contribution >= 0.6 is 0 Å². The first-order valence-electron chi connectivity index (χ1n) is 4.61. The second kappa shape index (κ2) is 1.92. The lowest BCUT2D eigenvalue weighted by Crippen LogP contribution is -2.32. The highest BCUT2D eigenvalue weighted by molar-refractivity contribution is 5.89. The summed E-state index contributed by atoms with van der Waals surface area (Å²) in [6.45, 7) is 6.23. The largest absolute Gasteiger partial charge is 0.393 e. The molecule has 0 spiro atoms. The highest BCUT2D eigenvalue weighted by Gasteiger charge is 2.65. The van der Waals surface area contributed by atoms with E-state index in [2.05, 4.69) is 13.8 Å². The Labute approximate surface area is 73.0 Å². The van der Waals surface area contributed by atoms with Gasteiger partial charge in [-0.25, -0.2) is 0 Å². The zero-order chi connectivity index (χ0) is 9.15. The van der Waals surface area contributed by atoms with Crippen LogP contribution in [0.15, 0.2) is 0 Å². The first-order valence-corrected chi connectivity index (χ1v) is 4.61. The summed E-state index contributed by atoms with van der Waals surface area (Å²) >= 11 is 0. The Morgan fingerprint density at radius 2 is 2.00 bits per heavy atom. The third-order valence-electron chi connectivity index (χ3n) is 4.45. The van der Waals surface area contributed by atoms with Crippen LogP contribution in [0.3, 0.4) is 0 Å². The molecule has 2 aliphatic rings. The number of fused-ring (bicyclic) bond motifs is 2. The standard InChI is InChI=1S/C10H16O2/c1-9(2)6-4-8(12)10(9,3)5-7(6)11/h6-7,11H,4-5H2,1-3H3/t6?,7-,10?/m0/s1. The molecule has 12 heavy (non-hydrogen) atoms. The molecule has 0 saturated heterocycles. The number of hydrogen-bond donors (Lipinski definition) is 1. The second-order valence-electron chi connectivity index (χ2n) is 5.06. The van der Waals surface area contributed by atoms with Gasteiger partial charge in [-0.3, -0.25) is 4.79 Å². The quantitative estimate of drug-likeness (QED) is 0.593. The number of Topliss-reactive ketones (excluding diaryl/α,β-unsaturated/α-hetero) is 1. The first kappa shape index (κ1) is 8.24. The van der Waals surface area contributed by atoms with E-state index in [1.807, 2.05) is 6.92 Å². The molecule has 0 aliphatic heterocycles. The van der Waals surface area contributed by atoms with Crippen molar-refractivity contribution in [2.45, 2.75) is 39.7 Å². The van der Waals surface area contributed by atoms with Crippen LogP contribution in [0.2, 0.25) is 0 Å². The van der Waals surface area contributed by atoms with E-state index in [0.29, 0.717) is 18.6 Å². The van der Waals surface area contributed by atoms with Crippen molar-refractivity contribution < 1.29 is 9.90 Å². The van der Waals surface area contributed by atoms with Crippen LogP contribution in [0, 0.1) is 16.7 Å². The van der Waals surface area contributed by atoms with Gasteiger partial charge >= 0.3 is 0 Å². The molecule has 2 nitrogen and oxygen atoms in total. The molecule has 2 unspecified atom stereocenters. The molecule has 0 aromatic rings. The molecular weight excluding hydrogens is 152 g/mol. The Morgan fingerprint density at radius 3 is 2.25 bits per heavy atom. The Bertz CT molecular complexity index is 244. The third kappa shape index (κ3) is 0.634. The van der Waals surface area contributed by atoms with Crippen molar-refractivity contribution >= 4 is 5.78 Å². The fourth-order valence-corrected chi connectivity index (χ4v) is 3.00. The average Bonchev–Trinajstić information content (AvgIpc) is 2.18. The number of aliphatic hydroxyl groups excluding tert-OH is 1. The molecule has 2 fully saturated rings. The minimum absolute atomic E-state index is 0.00347. The molecule has 3 atom stereocenters. The predicted molar refractivity (Wildman–Crippen MR) is 45.6 cm³/mol. The van der Waals surface area contributed by atoms with E-state index < -0.39 is 0 Å². The Balaban J connectivity index is 2.47. The number of hydrogen-bond acceptors (Lipinski definition) is 2. The van der Waals surface area contributed by atoms with Crippen molar-refractivity contribution in [1.82, 2.24) is 0 Å². The Kier molecular flexibility index (Phi) is 1.32. The smallest absolute Gasteiger partial charge is 0.139 e. The summed E-state index contributed by atoms with van der Waals surface area (Å²) in [6, 6.07) is 0. The van der Waals surface area contributed by atoms with Gasteiger partial charge in [-0.15, -0.1) is 0 Å². The van der Waals surface area contributed by atoms with Crippen molar-refractivity contribution in [3.05, 3.63) is 0 Å². The maximum absolute atomic E-state index is 11.6. The van der Waals surface area contributed by atoms with Gasteiger partial charge in [-0.2, -0.15) is 0 Å². The summed E-state index contributed by atoms with van der Waals surface area (Å²) in [5, 5.41) is 9.69. The molecule has 0 heterocycles. The molecule has 2 aliphatic carbocycles. The molecule has 68 valence electrons. The van der Waals surface area contributed by atoms with Crippen LogP contribution in [0.25, 0.3) is 0 Å². The van der Waals surface area contributed by atoms with Crippen molar-refractivity contribution in [3.8, 4) is 0 Å². The molecule has 2 saturated carbocycles.